The van der Waals surface area contributed by atoms with Crippen molar-refractivity contribution in [3.63, 3.8) is 0 Å². The molecule has 2 rings (SSSR count). The molecular formula is C13H18N4O2. The van der Waals surface area contributed by atoms with Crippen molar-refractivity contribution in [1.29, 1.82) is 0 Å². The maximum Gasteiger partial charge on any atom is 0.239 e. The molecule has 1 saturated heterocycles. The van der Waals surface area contributed by atoms with Gasteiger partial charge in [0.25, 0.3) is 0 Å². The predicted octanol–water partition coefficient (Wildman–Crippen LogP) is 0.217. The Balaban J connectivity index is 1.83. The van der Waals surface area contributed by atoms with E-state index in [0.29, 0.717) is 12.4 Å². The van der Waals surface area contributed by atoms with Gasteiger partial charge in [0.05, 0.1) is 12.5 Å². The van der Waals surface area contributed by atoms with Gasteiger partial charge in [-0.2, -0.15) is 0 Å². The van der Waals surface area contributed by atoms with Crippen molar-refractivity contribution in [1.82, 2.24) is 9.88 Å². The van der Waals surface area contributed by atoms with Gasteiger partial charge < -0.3 is 11.1 Å². The number of piperidine rings is 1. The number of nitrogens with zero attached hydrogens (tertiary/aromatic N) is 2. The van der Waals surface area contributed by atoms with Crippen LogP contribution < -0.4 is 11.1 Å². The molecule has 0 saturated carbocycles. The van der Waals surface area contributed by atoms with Crippen molar-refractivity contribution in [2.75, 3.05) is 25.0 Å². The Hall–Kier alpha value is -1.95. The number of nitrogens with two attached hydrogens (primary N) is 1. The lowest BCUT2D eigenvalue weighted by molar-refractivity contribution is -0.125. The Morgan fingerprint density at radius 2 is 2.32 bits per heavy atom. The highest BCUT2D eigenvalue weighted by molar-refractivity contribution is 5.91. The molecule has 1 aliphatic rings. The number of likely N-dealkylation sites (tertiary alicyclic amines) is 1. The first-order valence-electron chi connectivity index (χ1n) is 6.37. The lowest BCUT2D eigenvalue weighted by Gasteiger charge is -2.30. The zero-order chi connectivity index (χ0) is 13.7. The Bertz CT molecular complexity index is 449. The van der Waals surface area contributed by atoms with E-state index in [1.165, 1.54) is 0 Å². The molecule has 102 valence electrons. The van der Waals surface area contributed by atoms with Crippen LogP contribution in [-0.4, -0.2) is 41.3 Å². The summed E-state index contributed by atoms with van der Waals surface area (Å²) in [7, 11) is 0. The molecule has 1 aliphatic heterocycles. The third kappa shape index (κ3) is 4.03. The van der Waals surface area contributed by atoms with E-state index in [2.05, 4.69) is 10.3 Å². The first-order chi connectivity index (χ1) is 9.15. The van der Waals surface area contributed by atoms with Gasteiger partial charge in [0, 0.05) is 12.7 Å². The van der Waals surface area contributed by atoms with E-state index in [9.17, 15) is 9.59 Å². The van der Waals surface area contributed by atoms with Crippen LogP contribution in [0.25, 0.3) is 0 Å². The molecule has 0 aliphatic carbocycles. The number of primary amides is 1. The number of aromatic nitrogens is 1. The number of amides is 2. The molecule has 0 radical (unpaired) electrons. The largest absolute Gasteiger partial charge is 0.369 e. The maximum atomic E-state index is 11.8. The van der Waals surface area contributed by atoms with E-state index in [1.54, 1.807) is 18.3 Å². The SMILES string of the molecule is NC(=O)[C@H]1CCCN(CC(=O)Nc2ccccn2)C1. The van der Waals surface area contributed by atoms with Gasteiger partial charge in [-0.1, -0.05) is 6.07 Å². The molecule has 0 unspecified atom stereocenters. The van der Waals surface area contributed by atoms with Gasteiger partial charge in [0.1, 0.15) is 5.82 Å². The van der Waals surface area contributed by atoms with E-state index >= 15 is 0 Å². The van der Waals surface area contributed by atoms with Crippen LogP contribution in [0.5, 0.6) is 0 Å². The average molecular weight is 262 g/mol. The molecular weight excluding hydrogens is 244 g/mol. The van der Waals surface area contributed by atoms with Crippen LogP contribution in [-0.2, 0) is 9.59 Å². The summed E-state index contributed by atoms with van der Waals surface area (Å²) in [5.41, 5.74) is 5.31. The van der Waals surface area contributed by atoms with Gasteiger partial charge in [-0.15, -0.1) is 0 Å². The Morgan fingerprint density at radius 1 is 1.47 bits per heavy atom. The van der Waals surface area contributed by atoms with Crippen LogP contribution in [0.1, 0.15) is 12.8 Å². The second kappa shape index (κ2) is 6.29. The molecule has 1 fully saturated rings. The minimum Gasteiger partial charge on any atom is -0.369 e. The summed E-state index contributed by atoms with van der Waals surface area (Å²) in [6.07, 6.45) is 3.33. The van der Waals surface area contributed by atoms with Crippen molar-refractivity contribution < 1.29 is 9.59 Å². The third-order valence-corrected chi connectivity index (χ3v) is 3.21. The number of hydrogen-bond donors (Lipinski definition) is 2. The summed E-state index contributed by atoms with van der Waals surface area (Å²) in [6.45, 7) is 1.64. The van der Waals surface area contributed by atoms with Gasteiger partial charge in [-0.3, -0.25) is 14.5 Å². The average Bonchev–Trinajstić information content (AvgIpc) is 2.40. The zero-order valence-corrected chi connectivity index (χ0v) is 10.7. The van der Waals surface area contributed by atoms with Gasteiger partial charge in [0.2, 0.25) is 11.8 Å². The van der Waals surface area contributed by atoms with Gasteiger partial charge in [0.15, 0.2) is 0 Å². The summed E-state index contributed by atoms with van der Waals surface area (Å²) >= 11 is 0. The van der Waals surface area contributed by atoms with Crippen LogP contribution >= 0.6 is 0 Å². The Labute approximate surface area is 112 Å². The normalized spacial score (nSPS) is 19.9. The van der Waals surface area contributed by atoms with E-state index in [4.69, 9.17) is 5.73 Å². The summed E-state index contributed by atoms with van der Waals surface area (Å²) in [5, 5.41) is 2.73. The van der Waals surface area contributed by atoms with Crippen LogP contribution in [0.2, 0.25) is 0 Å². The van der Waals surface area contributed by atoms with Crippen LogP contribution in [0, 0.1) is 5.92 Å². The first-order valence-corrected chi connectivity index (χ1v) is 6.37. The molecule has 0 aromatic carbocycles. The number of hydrogen-bond acceptors (Lipinski definition) is 4. The highest BCUT2D eigenvalue weighted by Crippen LogP contribution is 2.15. The van der Waals surface area contributed by atoms with Crippen molar-refractivity contribution >= 4 is 17.6 Å². The fourth-order valence-corrected chi connectivity index (χ4v) is 2.25. The number of anilines is 1. The summed E-state index contributed by atoms with van der Waals surface area (Å²) in [4.78, 5) is 29.0. The Kier molecular flexibility index (Phi) is 4.46. The minimum absolute atomic E-state index is 0.121. The molecule has 2 heterocycles. The fraction of sp³-hybridized carbons (Fsp3) is 0.462. The molecule has 2 amide bonds. The second-order valence-corrected chi connectivity index (χ2v) is 4.74. The standard InChI is InChI=1S/C13H18N4O2/c14-13(19)10-4-3-7-17(8-10)9-12(18)16-11-5-1-2-6-15-11/h1-2,5-6,10H,3-4,7-9H2,(H2,14,19)(H,15,16,18)/t10-/m0/s1. The number of pyridine rings is 1. The van der Waals surface area contributed by atoms with E-state index in [-0.39, 0.29) is 24.3 Å². The van der Waals surface area contributed by atoms with Crippen molar-refractivity contribution in [2.24, 2.45) is 11.7 Å². The molecule has 3 N–H and O–H groups in total. The van der Waals surface area contributed by atoms with Crippen molar-refractivity contribution in [3.05, 3.63) is 24.4 Å². The van der Waals surface area contributed by atoms with Gasteiger partial charge in [-0.05, 0) is 31.5 Å². The highest BCUT2D eigenvalue weighted by atomic mass is 16.2. The first kappa shape index (κ1) is 13.5. The molecule has 19 heavy (non-hydrogen) atoms. The molecule has 1 aromatic rings. The lowest BCUT2D eigenvalue weighted by atomic mass is 9.97. The summed E-state index contributed by atoms with van der Waals surface area (Å²) in [5.74, 6) is -0.00832. The van der Waals surface area contributed by atoms with Crippen molar-refractivity contribution in [2.45, 2.75) is 12.8 Å². The maximum absolute atomic E-state index is 11.8. The lowest BCUT2D eigenvalue weighted by Crippen LogP contribution is -2.44. The van der Waals surface area contributed by atoms with Gasteiger partial charge in [-0.25, -0.2) is 4.98 Å². The number of carbonyl (C=O) groups is 2. The molecule has 0 bridgehead atoms. The number of rotatable bonds is 4. The zero-order valence-electron chi connectivity index (χ0n) is 10.7. The highest BCUT2D eigenvalue weighted by Gasteiger charge is 2.25. The van der Waals surface area contributed by atoms with Crippen LogP contribution in [0.4, 0.5) is 5.82 Å². The molecule has 1 atom stereocenters. The van der Waals surface area contributed by atoms with Crippen LogP contribution in [0.3, 0.4) is 0 Å². The van der Waals surface area contributed by atoms with Crippen LogP contribution in [0.15, 0.2) is 24.4 Å². The number of nitrogens with one attached hydrogen (secondary N) is 1. The topological polar surface area (TPSA) is 88.3 Å². The molecule has 6 nitrogen and oxygen atoms in total. The summed E-state index contributed by atoms with van der Waals surface area (Å²) in [6, 6.07) is 5.34. The molecule has 1 aromatic heterocycles. The fourth-order valence-electron chi connectivity index (χ4n) is 2.25. The van der Waals surface area contributed by atoms with Crippen molar-refractivity contribution in [3.8, 4) is 0 Å². The second-order valence-electron chi connectivity index (χ2n) is 4.74. The minimum atomic E-state index is -0.283. The Morgan fingerprint density at radius 3 is 3.00 bits per heavy atom. The molecule has 6 heteroatoms. The summed E-state index contributed by atoms with van der Waals surface area (Å²) < 4.78 is 0. The van der Waals surface area contributed by atoms with Gasteiger partial charge >= 0.3 is 0 Å². The van der Waals surface area contributed by atoms with E-state index in [1.807, 2.05) is 11.0 Å². The quantitative estimate of drug-likeness (QED) is 0.812. The predicted molar refractivity (Wildman–Crippen MR) is 71.2 cm³/mol. The monoisotopic (exact) mass is 262 g/mol. The van der Waals surface area contributed by atoms with E-state index < -0.39 is 0 Å². The third-order valence-electron chi connectivity index (χ3n) is 3.21. The van der Waals surface area contributed by atoms with E-state index in [0.717, 1.165) is 19.4 Å². The smallest absolute Gasteiger partial charge is 0.239 e. The molecule has 0 spiro atoms. The number of carbonyl (C=O) groups excluding carboxylic acids is 2.